The molecule has 0 amide bonds. The Hall–Kier alpha value is -2.29. The Labute approximate surface area is 119 Å². The molecule has 0 atom stereocenters. The molecule has 0 spiro atoms. The van der Waals surface area contributed by atoms with E-state index in [0.717, 1.165) is 10.9 Å². The standard InChI is InChI=1S/C11H7BrFN3O4/c12-9-6(2-1-3-7(9)13)4-15-5-8(16(19)20)10(14-15)11(17)18/h1-3,5H,4H2,(H,17,18). The zero-order valence-corrected chi connectivity index (χ0v) is 11.4. The van der Waals surface area contributed by atoms with Gasteiger partial charge in [0.25, 0.3) is 0 Å². The number of rotatable bonds is 4. The second-order valence-corrected chi connectivity index (χ2v) is 4.63. The van der Waals surface area contributed by atoms with E-state index in [9.17, 15) is 19.3 Å². The molecule has 9 heteroatoms. The monoisotopic (exact) mass is 343 g/mol. The third-order valence-corrected chi connectivity index (χ3v) is 3.39. The fourth-order valence-electron chi connectivity index (χ4n) is 1.62. The van der Waals surface area contributed by atoms with Crippen LogP contribution in [0.25, 0.3) is 0 Å². The molecule has 0 aliphatic heterocycles. The molecule has 0 aliphatic carbocycles. The van der Waals surface area contributed by atoms with Gasteiger partial charge < -0.3 is 5.11 Å². The maximum absolute atomic E-state index is 13.3. The molecular weight excluding hydrogens is 337 g/mol. The summed E-state index contributed by atoms with van der Waals surface area (Å²) in [5.74, 6) is -1.98. The number of hydrogen-bond donors (Lipinski definition) is 1. The molecule has 0 saturated carbocycles. The zero-order valence-electron chi connectivity index (χ0n) is 9.79. The molecular formula is C11H7BrFN3O4. The topological polar surface area (TPSA) is 98.3 Å². The average Bonchev–Trinajstić information content (AvgIpc) is 2.79. The highest BCUT2D eigenvalue weighted by Gasteiger charge is 2.25. The highest BCUT2D eigenvalue weighted by atomic mass is 79.9. The van der Waals surface area contributed by atoms with Crippen LogP contribution in [0.3, 0.4) is 0 Å². The first-order chi connectivity index (χ1) is 9.40. The molecule has 0 aliphatic rings. The SMILES string of the molecule is O=C(O)c1nn(Cc2cccc(F)c2Br)cc1[N+](=O)[O-]. The quantitative estimate of drug-likeness (QED) is 0.679. The maximum Gasteiger partial charge on any atom is 0.363 e. The van der Waals surface area contributed by atoms with Crippen molar-refractivity contribution in [2.45, 2.75) is 6.54 Å². The molecule has 0 unspecified atom stereocenters. The second kappa shape index (κ2) is 5.37. The number of benzene rings is 1. The molecule has 104 valence electrons. The van der Waals surface area contributed by atoms with Crippen molar-refractivity contribution >= 4 is 27.6 Å². The van der Waals surface area contributed by atoms with Crippen molar-refractivity contribution < 1.29 is 19.2 Å². The number of carboxylic acid groups (broad SMARTS) is 1. The van der Waals surface area contributed by atoms with Gasteiger partial charge in [-0.3, -0.25) is 14.8 Å². The minimum Gasteiger partial charge on any atom is -0.476 e. The van der Waals surface area contributed by atoms with Crippen LogP contribution in [0, 0.1) is 15.9 Å². The van der Waals surface area contributed by atoms with Crippen molar-refractivity contribution in [2.75, 3.05) is 0 Å². The number of aromatic nitrogens is 2. The highest BCUT2D eigenvalue weighted by Crippen LogP contribution is 2.23. The Morgan fingerprint density at radius 2 is 2.25 bits per heavy atom. The van der Waals surface area contributed by atoms with Crippen LogP contribution in [0.4, 0.5) is 10.1 Å². The van der Waals surface area contributed by atoms with Gasteiger partial charge in [-0.1, -0.05) is 12.1 Å². The highest BCUT2D eigenvalue weighted by molar-refractivity contribution is 9.10. The molecule has 0 saturated heterocycles. The normalized spacial score (nSPS) is 10.5. The molecule has 7 nitrogen and oxygen atoms in total. The minimum atomic E-state index is -1.49. The van der Waals surface area contributed by atoms with Crippen LogP contribution in [0.2, 0.25) is 0 Å². The van der Waals surface area contributed by atoms with E-state index < -0.39 is 28.1 Å². The van der Waals surface area contributed by atoms with Crippen LogP contribution in [-0.2, 0) is 6.54 Å². The largest absolute Gasteiger partial charge is 0.476 e. The van der Waals surface area contributed by atoms with Crippen molar-refractivity contribution in [3.8, 4) is 0 Å². The molecule has 20 heavy (non-hydrogen) atoms. The van der Waals surface area contributed by atoms with Crippen molar-refractivity contribution in [3.05, 3.63) is 56.1 Å². The number of carboxylic acids is 1. The van der Waals surface area contributed by atoms with Crippen molar-refractivity contribution in [1.82, 2.24) is 9.78 Å². The smallest absolute Gasteiger partial charge is 0.363 e. The Balaban J connectivity index is 2.40. The van der Waals surface area contributed by atoms with Gasteiger partial charge in [0.2, 0.25) is 5.69 Å². The molecule has 2 rings (SSSR count). The van der Waals surface area contributed by atoms with Gasteiger partial charge in [0, 0.05) is 0 Å². The average molecular weight is 344 g/mol. The van der Waals surface area contributed by atoms with Crippen LogP contribution in [0.15, 0.2) is 28.9 Å². The van der Waals surface area contributed by atoms with Gasteiger partial charge in [-0.15, -0.1) is 0 Å². The Bertz CT molecular complexity index is 669. The van der Waals surface area contributed by atoms with E-state index in [4.69, 9.17) is 5.11 Å². The van der Waals surface area contributed by atoms with Crippen LogP contribution >= 0.6 is 15.9 Å². The summed E-state index contributed by atoms with van der Waals surface area (Å²) >= 11 is 3.05. The third-order valence-electron chi connectivity index (χ3n) is 2.51. The summed E-state index contributed by atoms with van der Waals surface area (Å²) in [6.45, 7) is 0.00641. The lowest BCUT2D eigenvalue weighted by Crippen LogP contribution is -2.05. The summed E-state index contributed by atoms with van der Waals surface area (Å²) in [5, 5.41) is 23.2. The van der Waals surface area contributed by atoms with Gasteiger partial charge in [0.1, 0.15) is 12.0 Å². The van der Waals surface area contributed by atoms with Crippen molar-refractivity contribution in [2.24, 2.45) is 0 Å². The number of aromatic carboxylic acids is 1. The summed E-state index contributed by atoms with van der Waals surface area (Å²) in [6.07, 6.45) is 1.00. The second-order valence-electron chi connectivity index (χ2n) is 3.84. The van der Waals surface area contributed by atoms with E-state index >= 15 is 0 Å². The van der Waals surface area contributed by atoms with Gasteiger partial charge in [-0.05, 0) is 27.6 Å². The van der Waals surface area contributed by atoms with Crippen molar-refractivity contribution in [3.63, 3.8) is 0 Å². The van der Waals surface area contributed by atoms with E-state index in [0.29, 0.717) is 5.56 Å². The first-order valence-electron chi connectivity index (χ1n) is 5.28. The third kappa shape index (κ3) is 2.67. The molecule has 0 bridgehead atoms. The van der Waals surface area contributed by atoms with Crippen molar-refractivity contribution in [1.29, 1.82) is 0 Å². The van der Waals surface area contributed by atoms with E-state index in [-0.39, 0.29) is 11.0 Å². The van der Waals surface area contributed by atoms with E-state index in [1.807, 2.05) is 0 Å². The van der Waals surface area contributed by atoms with E-state index in [1.54, 1.807) is 6.07 Å². The first-order valence-corrected chi connectivity index (χ1v) is 6.07. The lowest BCUT2D eigenvalue weighted by atomic mass is 10.2. The molecule has 1 heterocycles. The van der Waals surface area contributed by atoms with Crippen LogP contribution in [-0.4, -0.2) is 25.8 Å². The number of carbonyl (C=O) groups is 1. The summed E-state index contributed by atoms with van der Waals surface area (Å²) < 4.78 is 14.6. The van der Waals surface area contributed by atoms with Gasteiger partial charge in [0.15, 0.2) is 0 Å². The first kappa shape index (κ1) is 14.1. The molecule has 1 N–H and O–H groups in total. The number of nitrogens with zero attached hydrogens (tertiary/aromatic N) is 3. The predicted molar refractivity (Wildman–Crippen MR) is 69.0 cm³/mol. The Morgan fingerprint density at radius 1 is 1.55 bits per heavy atom. The molecule has 1 aromatic carbocycles. The maximum atomic E-state index is 13.3. The fraction of sp³-hybridized carbons (Fsp3) is 0.0909. The lowest BCUT2D eigenvalue weighted by Gasteiger charge is -2.04. The van der Waals surface area contributed by atoms with Gasteiger partial charge in [0.05, 0.1) is 15.9 Å². The Morgan fingerprint density at radius 3 is 2.80 bits per heavy atom. The van der Waals surface area contributed by atoms with Gasteiger partial charge in [-0.25, -0.2) is 9.18 Å². The summed E-state index contributed by atoms with van der Waals surface area (Å²) in [7, 11) is 0. The summed E-state index contributed by atoms with van der Waals surface area (Å²) in [4.78, 5) is 20.8. The van der Waals surface area contributed by atoms with Crippen LogP contribution in [0.5, 0.6) is 0 Å². The van der Waals surface area contributed by atoms with E-state index in [2.05, 4.69) is 21.0 Å². The van der Waals surface area contributed by atoms with Crippen LogP contribution in [0.1, 0.15) is 16.1 Å². The predicted octanol–water partition coefficient (Wildman–Crippen LogP) is 2.44. The zero-order chi connectivity index (χ0) is 14.9. The summed E-state index contributed by atoms with van der Waals surface area (Å²) in [5.41, 5.74) is -0.771. The molecule has 2 aromatic rings. The van der Waals surface area contributed by atoms with Crippen LogP contribution < -0.4 is 0 Å². The number of nitro groups is 1. The van der Waals surface area contributed by atoms with Gasteiger partial charge in [-0.2, -0.15) is 5.10 Å². The lowest BCUT2D eigenvalue weighted by molar-refractivity contribution is -0.385. The molecule has 0 fully saturated rings. The fourth-order valence-corrected chi connectivity index (χ4v) is 2.01. The Kier molecular flexibility index (Phi) is 3.79. The number of hydrogen-bond acceptors (Lipinski definition) is 4. The number of halogens is 2. The molecule has 1 aromatic heterocycles. The van der Waals surface area contributed by atoms with E-state index in [1.165, 1.54) is 12.1 Å². The summed E-state index contributed by atoms with van der Waals surface area (Å²) in [6, 6.07) is 4.33. The molecule has 0 radical (unpaired) electrons. The minimum absolute atomic E-state index is 0.00641. The van der Waals surface area contributed by atoms with Gasteiger partial charge >= 0.3 is 11.7 Å².